The quantitative estimate of drug-likeness (QED) is 0.373. The summed E-state index contributed by atoms with van der Waals surface area (Å²) in [7, 11) is 0. The predicted molar refractivity (Wildman–Crippen MR) is 123 cm³/mol. The van der Waals surface area contributed by atoms with Crippen molar-refractivity contribution in [1.29, 1.82) is 0 Å². The second-order valence-corrected chi connectivity index (χ2v) is 7.30. The zero-order valence-electron chi connectivity index (χ0n) is 17.4. The fraction of sp³-hybridized carbons (Fsp3) is 0.217. The topological polar surface area (TPSA) is 79.0 Å². The number of thiocarbonyl (C=S) groups is 1. The highest BCUT2D eigenvalue weighted by Gasteiger charge is 2.43. The van der Waals surface area contributed by atoms with Crippen LogP contribution >= 0.6 is 12.2 Å². The lowest BCUT2D eigenvalue weighted by molar-refractivity contribution is -0.124. The number of nitrogens with one attached hydrogen (secondary N) is 1. The molecule has 1 saturated heterocycles. The van der Waals surface area contributed by atoms with Gasteiger partial charge < -0.3 is 15.0 Å². The van der Waals surface area contributed by atoms with E-state index in [0.717, 1.165) is 0 Å². The molecule has 1 atom stereocenters. The Labute approximate surface area is 190 Å². The Balaban J connectivity index is 1.78. The van der Waals surface area contributed by atoms with Crippen LogP contribution in [0.1, 0.15) is 23.7 Å². The first-order valence-corrected chi connectivity index (χ1v) is 10.3. The summed E-state index contributed by atoms with van der Waals surface area (Å²) in [6.45, 7) is 5.95. The Morgan fingerprint density at radius 1 is 1.19 bits per heavy atom. The van der Waals surface area contributed by atoms with Crippen LogP contribution < -0.4 is 10.2 Å². The first-order valence-electron chi connectivity index (χ1n) is 9.93. The molecule has 1 aliphatic rings. The number of hydrogen-bond acceptors (Lipinski definition) is 5. The first kappa shape index (κ1) is 23.1. The molecule has 1 aliphatic heterocycles. The third kappa shape index (κ3) is 5.00. The number of benzene rings is 2. The smallest absolute Gasteiger partial charge is 0.338 e. The normalized spacial score (nSPS) is 15.6. The third-order valence-corrected chi connectivity index (χ3v) is 5.20. The summed E-state index contributed by atoms with van der Waals surface area (Å²) < 4.78 is 18.0. The second kappa shape index (κ2) is 10.1. The van der Waals surface area contributed by atoms with E-state index in [1.807, 2.05) is 0 Å². The van der Waals surface area contributed by atoms with Crippen LogP contribution in [-0.2, 0) is 14.3 Å². The lowest BCUT2D eigenvalue weighted by atomic mass is 10.1. The molecule has 1 heterocycles. The van der Waals surface area contributed by atoms with Gasteiger partial charge in [0.25, 0.3) is 5.91 Å². The summed E-state index contributed by atoms with van der Waals surface area (Å²) in [5.74, 6) is -1.65. The lowest BCUT2D eigenvalue weighted by Crippen LogP contribution is -2.37. The Hall–Kier alpha value is -3.59. The van der Waals surface area contributed by atoms with Crippen molar-refractivity contribution >= 4 is 46.5 Å². The molecular weight excluding hydrogens is 433 g/mol. The van der Waals surface area contributed by atoms with Gasteiger partial charge in [-0.1, -0.05) is 6.08 Å². The van der Waals surface area contributed by atoms with Crippen LogP contribution in [0, 0.1) is 5.82 Å². The molecule has 2 amide bonds. The molecule has 7 nitrogen and oxygen atoms in total. The maximum atomic E-state index is 13.2. The molecule has 0 radical (unpaired) electrons. The minimum Gasteiger partial charge on any atom is -0.462 e. The monoisotopic (exact) mass is 455 g/mol. The number of carbonyl (C=O) groups excluding carboxylic acids is 3. The molecule has 2 aromatic rings. The van der Waals surface area contributed by atoms with Crippen molar-refractivity contribution in [1.82, 2.24) is 4.90 Å². The van der Waals surface area contributed by atoms with Gasteiger partial charge in [0.2, 0.25) is 5.91 Å². The fourth-order valence-electron chi connectivity index (χ4n) is 3.30. The highest BCUT2D eigenvalue weighted by molar-refractivity contribution is 7.80. The Kier molecular flexibility index (Phi) is 7.32. The minimum atomic E-state index is -0.828. The van der Waals surface area contributed by atoms with Crippen LogP contribution in [0.2, 0.25) is 0 Å². The molecule has 3 rings (SSSR count). The first-order chi connectivity index (χ1) is 15.3. The summed E-state index contributed by atoms with van der Waals surface area (Å²) in [6, 6.07) is 10.8. The second-order valence-electron chi connectivity index (χ2n) is 6.94. The van der Waals surface area contributed by atoms with Crippen molar-refractivity contribution in [2.75, 3.05) is 23.4 Å². The molecule has 1 fully saturated rings. The van der Waals surface area contributed by atoms with E-state index < -0.39 is 23.7 Å². The van der Waals surface area contributed by atoms with Gasteiger partial charge in [0.15, 0.2) is 5.11 Å². The summed E-state index contributed by atoms with van der Waals surface area (Å²) in [4.78, 5) is 40.6. The number of amides is 2. The lowest BCUT2D eigenvalue weighted by Gasteiger charge is -2.22. The predicted octanol–water partition coefficient (Wildman–Crippen LogP) is 3.52. The highest BCUT2D eigenvalue weighted by atomic mass is 32.1. The number of ether oxygens (including phenoxy) is 1. The van der Waals surface area contributed by atoms with E-state index in [1.165, 1.54) is 29.2 Å². The van der Waals surface area contributed by atoms with Crippen LogP contribution in [-0.4, -0.2) is 47.0 Å². The maximum Gasteiger partial charge on any atom is 0.338 e. The standard InChI is InChI=1S/C23H22FN3O4S/c1-3-13-26-19(14-20(28)25-17-9-7-16(24)8-10-17)21(29)27(23(26)32)18-11-5-15(6-12-18)22(30)31-4-2/h3,5-12,19H,1,4,13-14H2,2H3,(H,25,28)/t19-/m1/s1. The molecule has 0 bridgehead atoms. The molecule has 0 aliphatic carbocycles. The number of nitrogens with zero attached hydrogens (tertiary/aromatic N) is 2. The van der Waals surface area contributed by atoms with E-state index >= 15 is 0 Å². The SMILES string of the molecule is C=CCN1C(=S)N(c2ccc(C(=O)OCC)cc2)C(=O)[C@H]1CC(=O)Nc1ccc(F)cc1. The average molecular weight is 456 g/mol. The van der Waals surface area contributed by atoms with E-state index in [-0.39, 0.29) is 30.6 Å². The highest BCUT2D eigenvalue weighted by Crippen LogP contribution is 2.28. The van der Waals surface area contributed by atoms with Gasteiger partial charge in [-0.15, -0.1) is 6.58 Å². The molecular formula is C23H22FN3O4S. The van der Waals surface area contributed by atoms with Crippen molar-refractivity contribution in [3.63, 3.8) is 0 Å². The number of esters is 1. The van der Waals surface area contributed by atoms with Gasteiger partial charge >= 0.3 is 5.97 Å². The summed E-state index contributed by atoms with van der Waals surface area (Å²) in [5.41, 5.74) is 1.25. The molecule has 0 saturated carbocycles. The molecule has 9 heteroatoms. The maximum absolute atomic E-state index is 13.2. The molecule has 166 valence electrons. The summed E-state index contributed by atoms with van der Waals surface area (Å²) >= 11 is 5.50. The van der Waals surface area contributed by atoms with Crippen molar-refractivity contribution in [3.05, 3.63) is 72.6 Å². The number of anilines is 2. The van der Waals surface area contributed by atoms with Crippen molar-refractivity contribution in [3.8, 4) is 0 Å². The van der Waals surface area contributed by atoms with Crippen LogP contribution in [0.15, 0.2) is 61.2 Å². The van der Waals surface area contributed by atoms with Crippen LogP contribution in [0.3, 0.4) is 0 Å². The third-order valence-electron chi connectivity index (χ3n) is 4.79. The summed E-state index contributed by atoms with van der Waals surface area (Å²) in [6.07, 6.45) is 1.44. The van der Waals surface area contributed by atoms with Gasteiger partial charge in [0, 0.05) is 12.2 Å². The number of carbonyl (C=O) groups is 3. The zero-order valence-corrected chi connectivity index (χ0v) is 18.2. The summed E-state index contributed by atoms with van der Waals surface area (Å²) in [5, 5.41) is 2.89. The van der Waals surface area contributed by atoms with Crippen molar-refractivity contribution < 1.29 is 23.5 Å². The van der Waals surface area contributed by atoms with Crippen LogP contribution in [0.5, 0.6) is 0 Å². The zero-order chi connectivity index (χ0) is 23.3. The molecule has 1 N–H and O–H groups in total. The van der Waals surface area contributed by atoms with Crippen molar-refractivity contribution in [2.24, 2.45) is 0 Å². The largest absolute Gasteiger partial charge is 0.462 e. The van der Waals surface area contributed by atoms with E-state index in [2.05, 4.69) is 11.9 Å². The molecule has 0 spiro atoms. The fourth-order valence-corrected chi connectivity index (χ4v) is 3.70. The molecule has 2 aromatic carbocycles. The van der Waals surface area contributed by atoms with Crippen molar-refractivity contribution in [2.45, 2.75) is 19.4 Å². The van der Waals surface area contributed by atoms with E-state index in [4.69, 9.17) is 17.0 Å². The van der Waals surface area contributed by atoms with Gasteiger partial charge in [-0.25, -0.2) is 9.18 Å². The van der Waals surface area contributed by atoms with E-state index in [0.29, 0.717) is 16.9 Å². The number of halogens is 1. The molecule has 32 heavy (non-hydrogen) atoms. The van der Waals surface area contributed by atoms with Crippen LogP contribution in [0.25, 0.3) is 0 Å². The number of hydrogen-bond donors (Lipinski definition) is 1. The minimum absolute atomic E-state index is 0.151. The Morgan fingerprint density at radius 2 is 1.84 bits per heavy atom. The number of rotatable bonds is 8. The van der Waals surface area contributed by atoms with Crippen LogP contribution in [0.4, 0.5) is 15.8 Å². The van der Waals surface area contributed by atoms with E-state index in [1.54, 1.807) is 42.2 Å². The van der Waals surface area contributed by atoms with Gasteiger partial charge in [0.1, 0.15) is 11.9 Å². The van der Waals surface area contributed by atoms with Gasteiger partial charge in [0.05, 0.1) is 24.3 Å². The van der Waals surface area contributed by atoms with E-state index in [9.17, 15) is 18.8 Å². The molecule has 0 unspecified atom stereocenters. The Morgan fingerprint density at radius 3 is 2.44 bits per heavy atom. The van der Waals surface area contributed by atoms with Gasteiger partial charge in [-0.3, -0.25) is 14.5 Å². The Bertz CT molecular complexity index is 1040. The molecule has 0 aromatic heterocycles. The average Bonchev–Trinajstić information content (AvgIpc) is 3.00. The van der Waals surface area contributed by atoms with Gasteiger partial charge in [-0.2, -0.15) is 0 Å². The van der Waals surface area contributed by atoms with Gasteiger partial charge in [-0.05, 0) is 67.7 Å².